The number of hydrogen-bond donors (Lipinski definition) is 1. The molecule has 1 aliphatic rings. The number of carboxylic acid groups (broad SMARTS) is 1. The monoisotopic (exact) mass is 406 g/mol. The normalized spacial score (nSPS) is 16.0. The lowest BCUT2D eigenvalue weighted by atomic mass is 9.86. The SMILES string of the molecule is O=C(O)CC1C(=O)N(CCc2nc(-c3ccccc3)cs2)C(=O)c2ccccc21. The van der Waals surface area contributed by atoms with E-state index < -0.39 is 17.8 Å². The van der Waals surface area contributed by atoms with Crippen molar-refractivity contribution >= 4 is 29.1 Å². The minimum Gasteiger partial charge on any atom is -0.481 e. The van der Waals surface area contributed by atoms with E-state index in [-0.39, 0.29) is 18.9 Å². The first kappa shape index (κ1) is 19.0. The number of aromatic nitrogens is 1. The van der Waals surface area contributed by atoms with Crippen molar-refractivity contribution in [2.45, 2.75) is 18.8 Å². The third-order valence-electron chi connectivity index (χ3n) is 4.93. The van der Waals surface area contributed by atoms with Crippen LogP contribution in [0.3, 0.4) is 0 Å². The van der Waals surface area contributed by atoms with Crippen molar-refractivity contribution in [1.82, 2.24) is 9.88 Å². The third kappa shape index (κ3) is 3.82. The van der Waals surface area contributed by atoms with Crippen molar-refractivity contribution in [2.75, 3.05) is 6.54 Å². The van der Waals surface area contributed by atoms with Gasteiger partial charge in [0.1, 0.15) is 0 Å². The van der Waals surface area contributed by atoms with Gasteiger partial charge in [0.25, 0.3) is 5.91 Å². The Bertz CT molecular complexity index is 1080. The van der Waals surface area contributed by atoms with E-state index in [4.69, 9.17) is 0 Å². The molecule has 7 heteroatoms. The zero-order valence-electron chi connectivity index (χ0n) is 15.4. The largest absolute Gasteiger partial charge is 0.481 e. The topological polar surface area (TPSA) is 87.6 Å². The molecule has 4 rings (SSSR count). The van der Waals surface area contributed by atoms with Crippen LogP contribution in [0.5, 0.6) is 0 Å². The Hall–Kier alpha value is -3.32. The number of hydrogen-bond acceptors (Lipinski definition) is 5. The zero-order valence-corrected chi connectivity index (χ0v) is 16.3. The van der Waals surface area contributed by atoms with Gasteiger partial charge in [0.05, 0.1) is 23.0 Å². The van der Waals surface area contributed by atoms with Gasteiger partial charge in [0.15, 0.2) is 0 Å². The van der Waals surface area contributed by atoms with Gasteiger partial charge in [-0.1, -0.05) is 48.5 Å². The Kier molecular flexibility index (Phi) is 5.22. The molecule has 2 aromatic carbocycles. The summed E-state index contributed by atoms with van der Waals surface area (Å²) in [5.74, 6) is -2.76. The van der Waals surface area contributed by atoms with Crippen LogP contribution in [0.15, 0.2) is 60.0 Å². The lowest BCUT2D eigenvalue weighted by Crippen LogP contribution is -2.46. The highest BCUT2D eigenvalue weighted by Gasteiger charge is 2.39. The molecule has 2 amide bonds. The average Bonchev–Trinajstić information content (AvgIpc) is 3.20. The van der Waals surface area contributed by atoms with Crippen molar-refractivity contribution in [3.63, 3.8) is 0 Å². The lowest BCUT2D eigenvalue weighted by Gasteiger charge is -2.31. The number of thiazole rings is 1. The third-order valence-corrected chi connectivity index (χ3v) is 5.83. The Balaban J connectivity index is 1.54. The van der Waals surface area contributed by atoms with E-state index in [2.05, 4.69) is 4.98 Å². The minimum atomic E-state index is -1.07. The molecule has 1 aliphatic heterocycles. The molecule has 146 valence electrons. The van der Waals surface area contributed by atoms with E-state index in [0.29, 0.717) is 17.5 Å². The van der Waals surface area contributed by atoms with Crippen LogP contribution < -0.4 is 0 Å². The molecule has 2 heterocycles. The Labute approximate surface area is 171 Å². The van der Waals surface area contributed by atoms with Gasteiger partial charge in [-0.05, 0) is 11.6 Å². The van der Waals surface area contributed by atoms with E-state index in [0.717, 1.165) is 16.3 Å². The molecule has 0 saturated carbocycles. The molecular weight excluding hydrogens is 388 g/mol. The van der Waals surface area contributed by atoms with E-state index in [1.54, 1.807) is 24.3 Å². The molecule has 0 fully saturated rings. The summed E-state index contributed by atoms with van der Waals surface area (Å²) in [6.07, 6.45) is 0.0893. The summed E-state index contributed by atoms with van der Waals surface area (Å²) in [6, 6.07) is 16.5. The maximum atomic E-state index is 12.9. The molecular formula is C22H18N2O4S. The van der Waals surface area contributed by atoms with Crippen molar-refractivity contribution in [2.24, 2.45) is 0 Å². The molecule has 0 saturated heterocycles. The molecule has 0 radical (unpaired) electrons. The van der Waals surface area contributed by atoms with Gasteiger partial charge in [-0.3, -0.25) is 19.3 Å². The number of rotatable bonds is 6. The Morgan fingerprint density at radius 1 is 1.07 bits per heavy atom. The summed E-state index contributed by atoms with van der Waals surface area (Å²) in [6.45, 7) is 0.170. The summed E-state index contributed by atoms with van der Waals surface area (Å²) in [5, 5.41) is 12.0. The van der Waals surface area contributed by atoms with Gasteiger partial charge in [0, 0.05) is 29.5 Å². The van der Waals surface area contributed by atoms with Crippen LogP contribution in [0.25, 0.3) is 11.3 Å². The number of carbonyl (C=O) groups is 3. The standard InChI is InChI=1S/C22H18N2O4S/c25-20(26)12-17-15-8-4-5-9-16(15)21(27)24(22(17)28)11-10-19-23-18(13-29-19)14-6-2-1-3-7-14/h1-9,13,17H,10-12H2,(H,25,26). The second-order valence-electron chi connectivity index (χ2n) is 6.78. The summed E-state index contributed by atoms with van der Waals surface area (Å²) in [4.78, 5) is 42.8. The molecule has 1 N–H and O–H groups in total. The van der Waals surface area contributed by atoms with Crippen molar-refractivity contribution < 1.29 is 19.5 Å². The van der Waals surface area contributed by atoms with Gasteiger partial charge in [-0.2, -0.15) is 0 Å². The summed E-state index contributed by atoms with van der Waals surface area (Å²) < 4.78 is 0. The van der Waals surface area contributed by atoms with Crippen LogP contribution >= 0.6 is 11.3 Å². The quantitative estimate of drug-likeness (QED) is 0.632. The van der Waals surface area contributed by atoms with Crippen LogP contribution in [0.1, 0.15) is 33.3 Å². The molecule has 1 unspecified atom stereocenters. The van der Waals surface area contributed by atoms with Gasteiger partial charge >= 0.3 is 5.97 Å². The minimum absolute atomic E-state index is 0.170. The van der Waals surface area contributed by atoms with Gasteiger partial charge in [-0.25, -0.2) is 4.98 Å². The predicted molar refractivity (Wildman–Crippen MR) is 109 cm³/mol. The Morgan fingerprint density at radius 3 is 2.55 bits per heavy atom. The zero-order chi connectivity index (χ0) is 20.4. The average molecular weight is 406 g/mol. The summed E-state index contributed by atoms with van der Waals surface area (Å²) in [5.41, 5.74) is 2.75. The Morgan fingerprint density at radius 2 is 1.79 bits per heavy atom. The number of benzene rings is 2. The molecule has 0 spiro atoms. The maximum absolute atomic E-state index is 12.9. The second kappa shape index (κ2) is 7.97. The van der Waals surface area contributed by atoms with Crippen LogP contribution in [0.4, 0.5) is 0 Å². The molecule has 1 aromatic heterocycles. The van der Waals surface area contributed by atoms with Gasteiger partial charge in [-0.15, -0.1) is 11.3 Å². The number of fused-ring (bicyclic) bond motifs is 1. The fraction of sp³-hybridized carbons (Fsp3) is 0.182. The lowest BCUT2D eigenvalue weighted by molar-refractivity contribution is -0.141. The second-order valence-corrected chi connectivity index (χ2v) is 7.72. The molecule has 3 aromatic rings. The highest BCUT2D eigenvalue weighted by atomic mass is 32.1. The number of nitrogens with zero attached hydrogens (tertiary/aromatic N) is 2. The van der Waals surface area contributed by atoms with Crippen molar-refractivity contribution in [1.29, 1.82) is 0 Å². The molecule has 29 heavy (non-hydrogen) atoms. The maximum Gasteiger partial charge on any atom is 0.304 e. The fourth-order valence-corrected chi connectivity index (χ4v) is 4.32. The smallest absolute Gasteiger partial charge is 0.304 e. The number of carboxylic acids is 1. The number of imide groups is 1. The van der Waals surface area contributed by atoms with Crippen molar-refractivity contribution in [3.8, 4) is 11.3 Å². The van der Waals surface area contributed by atoms with E-state index in [1.807, 2.05) is 35.7 Å². The van der Waals surface area contributed by atoms with E-state index in [9.17, 15) is 19.5 Å². The number of aliphatic carboxylic acids is 1. The number of carbonyl (C=O) groups excluding carboxylic acids is 2. The summed E-state index contributed by atoms with van der Waals surface area (Å²) >= 11 is 1.48. The van der Waals surface area contributed by atoms with Crippen LogP contribution in [0, 0.1) is 0 Å². The first-order valence-electron chi connectivity index (χ1n) is 9.21. The molecule has 0 aliphatic carbocycles. The highest BCUT2D eigenvalue weighted by Crippen LogP contribution is 2.32. The first-order valence-corrected chi connectivity index (χ1v) is 10.1. The molecule has 0 bridgehead atoms. The molecule has 6 nitrogen and oxygen atoms in total. The fourth-order valence-electron chi connectivity index (χ4n) is 3.52. The highest BCUT2D eigenvalue weighted by molar-refractivity contribution is 7.09. The van der Waals surface area contributed by atoms with E-state index in [1.165, 1.54) is 16.2 Å². The van der Waals surface area contributed by atoms with E-state index >= 15 is 0 Å². The van der Waals surface area contributed by atoms with Gasteiger partial charge in [0.2, 0.25) is 5.91 Å². The predicted octanol–water partition coefficient (Wildman–Crippen LogP) is 3.59. The van der Waals surface area contributed by atoms with Crippen LogP contribution in [-0.2, 0) is 16.0 Å². The number of amides is 2. The molecule has 1 atom stereocenters. The van der Waals surface area contributed by atoms with Gasteiger partial charge < -0.3 is 5.11 Å². The van der Waals surface area contributed by atoms with Crippen molar-refractivity contribution in [3.05, 3.63) is 76.1 Å². The van der Waals surface area contributed by atoms with Crippen LogP contribution in [0.2, 0.25) is 0 Å². The first-order chi connectivity index (χ1) is 14.0. The summed E-state index contributed by atoms with van der Waals surface area (Å²) in [7, 11) is 0. The van der Waals surface area contributed by atoms with Crippen LogP contribution in [-0.4, -0.2) is 39.3 Å².